The Morgan fingerprint density at radius 1 is 1.33 bits per heavy atom. The SMILES string of the molecule is Nc1cccc(Cl)c1Cn1cc(Cl)cn1. The van der Waals surface area contributed by atoms with E-state index in [0.717, 1.165) is 5.56 Å². The monoisotopic (exact) mass is 241 g/mol. The van der Waals surface area contributed by atoms with Crippen LogP contribution in [0.5, 0.6) is 0 Å². The molecule has 2 aromatic rings. The average Bonchev–Trinajstić information content (AvgIpc) is 2.58. The molecule has 0 aliphatic carbocycles. The third kappa shape index (κ3) is 2.25. The Morgan fingerprint density at radius 3 is 2.73 bits per heavy atom. The Hall–Kier alpha value is -1.19. The smallest absolute Gasteiger partial charge is 0.0785 e. The van der Waals surface area contributed by atoms with Gasteiger partial charge in [0.25, 0.3) is 0 Å². The summed E-state index contributed by atoms with van der Waals surface area (Å²) >= 11 is 11.8. The van der Waals surface area contributed by atoms with Gasteiger partial charge in [-0.2, -0.15) is 5.10 Å². The van der Waals surface area contributed by atoms with Crippen molar-refractivity contribution in [2.45, 2.75) is 6.54 Å². The second kappa shape index (κ2) is 4.13. The first-order valence-electron chi connectivity index (χ1n) is 4.37. The van der Waals surface area contributed by atoms with Crippen LogP contribution in [0.1, 0.15) is 5.56 Å². The van der Waals surface area contributed by atoms with Crippen molar-refractivity contribution < 1.29 is 0 Å². The Kier molecular flexibility index (Phi) is 2.84. The van der Waals surface area contributed by atoms with Gasteiger partial charge in [-0.25, -0.2) is 0 Å². The molecule has 1 aromatic heterocycles. The molecular weight excluding hydrogens is 233 g/mol. The van der Waals surface area contributed by atoms with E-state index in [0.29, 0.717) is 22.3 Å². The Bertz CT molecular complexity index is 459. The molecule has 1 aromatic carbocycles. The first kappa shape index (κ1) is 10.3. The van der Waals surface area contributed by atoms with Gasteiger partial charge in [0.05, 0.1) is 17.8 Å². The summed E-state index contributed by atoms with van der Waals surface area (Å²) in [6, 6.07) is 5.43. The van der Waals surface area contributed by atoms with Crippen LogP contribution in [-0.4, -0.2) is 9.78 Å². The average molecular weight is 242 g/mol. The highest BCUT2D eigenvalue weighted by Crippen LogP contribution is 2.23. The highest BCUT2D eigenvalue weighted by molar-refractivity contribution is 6.31. The topological polar surface area (TPSA) is 43.8 Å². The molecule has 0 amide bonds. The van der Waals surface area contributed by atoms with Crippen LogP contribution in [-0.2, 0) is 6.54 Å². The fraction of sp³-hybridized carbons (Fsp3) is 0.100. The number of hydrogen-bond acceptors (Lipinski definition) is 2. The quantitative estimate of drug-likeness (QED) is 0.823. The van der Waals surface area contributed by atoms with E-state index in [1.54, 1.807) is 23.1 Å². The molecule has 3 nitrogen and oxygen atoms in total. The first-order chi connectivity index (χ1) is 7.16. The van der Waals surface area contributed by atoms with Crippen LogP contribution < -0.4 is 5.73 Å². The molecule has 0 bridgehead atoms. The molecule has 0 radical (unpaired) electrons. The summed E-state index contributed by atoms with van der Waals surface area (Å²) < 4.78 is 1.69. The third-order valence-electron chi connectivity index (χ3n) is 2.08. The number of nitrogens with zero attached hydrogens (tertiary/aromatic N) is 2. The van der Waals surface area contributed by atoms with E-state index in [9.17, 15) is 0 Å². The fourth-order valence-electron chi connectivity index (χ4n) is 1.33. The van der Waals surface area contributed by atoms with Crippen molar-refractivity contribution in [3.8, 4) is 0 Å². The summed E-state index contributed by atoms with van der Waals surface area (Å²) in [4.78, 5) is 0. The molecule has 0 unspecified atom stereocenters. The number of rotatable bonds is 2. The lowest BCUT2D eigenvalue weighted by atomic mass is 10.2. The van der Waals surface area contributed by atoms with Gasteiger partial charge in [0.15, 0.2) is 0 Å². The molecular formula is C10H9Cl2N3. The van der Waals surface area contributed by atoms with E-state index >= 15 is 0 Å². The highest BCUT2D eigenvalue weighted by atomic mass is 35.5. The predicted octanol–water partition coefficient (Wildman–Crippen LogP) is 2.82. The molecule has 5 heteroatoms. The van der Waals surface area contributed by atoms with Crippen LogP contribution in [0.4, 0.5) is 5.69 Å². The van der Waals surface area contributed by atoms with Gasteiger partial charge in [-0.1, -0.05) is 29.3 Å². The number of nitrogen functional groups attached to an aromatic ring is 1. The summed E-state index contributed by atoms with van der Waals surface area (Å²) in [7, 11) is 0. The van der Waals surface area contributed by atoms with E-state index in [4.69, 9.17) is 28.9 Å². The van der Waals surface area contributed by atoms with Crippen LogP contribution in [0, 0.1) is 0 Å². The minimum absolute atomic E-state index is 0.526. The third-order valence-corrected chi connectivity index (χ3v) is 2.63. The van der Waals surface area contributed by atoms with E-state index in [2.05, 4.69) is 5.10 Å². The zero-order valence-corrected chi connectivity index (χ0v) is 9.33. The zero-order chi connectivity index (χ0) is 10.8. The van der Waals surface area contributed by atoms with Gasteiger partial charge in [-0.3, -0.25) is 4.68 Å². The molecule has 0 spiro atoms. The van der Waals surface area contributed by atoms with E-state index in [-0.39, 0.29) is 0 Å². The van der Waals surface area contributed by atoms with Crippen LogP contribution in [0.3, 0.4) is 0 Å². The maximum absolute atomic E-state index is 6.03. The van der Waals surface area contributed by atoms with Crippen molar-refractivity contribution >= 4 is 28.9 Å². The van der Waals surface area contributed by atoms with Gasteiger partial charge in [0.2, 0.25) is 0 Å². The van der Waals surface area contributed by atoms with Crippen molar-refractivity contribution in [2.75, 3.05) is 5.73 Å². The molecule has 78 valence electrons. The molecule has 1 heterocycles. The molecule has 0 saturated carbocycles. The summed E-state index contributed by atoms with van der Waals surface area (Å²) in [5, 5.41) is 5.30. The van der Waals surface area contributed by atoms with E-state index < -0.39 is 0 Å². The van der Waals surface area contributed by atoms with E-state index in [1.807, 2.05) is 12.1 Å². The summed E-state index contributed by atoms with van der Waals surface area (Å²) in [6.45, 7) is 0.526. The number of hydrogen-bond donors (Lipinski definition) is 1. The van der Waals surface area contributed by atoms with Gasteiger partial charge >= 0.3 is 0 Å². The molecule has 15 heavy (non-hydrogen) atoms. The standard InChI is InChI=1S/C10H9Cl2N3/c11-7-4-14-15(5-7)6-8-9(12)2-1-3-10(8)13/h1-5H,6,13H2. The minimum atomic E-state index is 0.526. The van der Waals surface area contributed by atoms with Gasteiger partial charge < -0.3 is 5.73 Å². The van der Waals surface area contributed by atoms with Crippen molar-refractivity contribution in [3.63, 3.8) is 0 Å². The Morgan fingerprint density at radius 2 is 2.13 bits per heavy atom. The Labute approximate surface area is 97.4 Å². The van der Waals surface area contributed by atoms with Crippen molar-refractivity contribution in [2.24, 2.45) is 0 Å². The lowest BCUT2D eigenvalue weighted by Gasteiger charge is -2.07. The zero-order valence-electron chi connectivity index (χ0n) is 7.82. The van der Waals surface area contributed by atoms with Gasteiger partial charge in [-0.05, 0) is 12.1 Å². The molecule has 0 aliphatic heterocycles. The normalized spacial score (nSPS) is 10.5. The second-order valence-corrected chi connectivity index (χ2v) is 4.01. The lowest BCUT2D eigenvalue weighted by Crippen LogP contribution is -2.03. The molecule has 0 aliphatic rings. The minimum Gasteiger partial charge on any atom is -0.398 e. The second-order valence-electron chi connectivity index (χ2n) is 3.16. The number of aromatic nitrogens is 2. The fourth-order valence-corrected chi connectivity index (χ4v) is 1.73. The number of benzene rings is 1. The first-order valence-corrected chi connectivity index (χ1v) is 5.13. The van der Waals surface area contributed by atoms with Crippen molar-refractivity contribution in [3.05, 3.63) is 46.2 Å². The molecule has 0 atom stereocenters. The maximum Gasteiger partial charge on any atom is 0.0785 e. The summed E-state index contributed by atoms with van der Waals surface area (Å²) in [5.41, 5.74) is 7.34. The molecule has 0 saturated heterocycles. The van der Waals surface area contributed by atoms with Crippen molar-refractivity contribution in [1.29, 1.82) is 0 Å². The number of nitrogens with two attached hydrogens (primary N) is 1. The van der Waals surface area contributed by atoms with Crippen molar-refractivity contribution in [1.82, 2.24) is 9.78 Å². The van der Waals surface area contributed by atoms with Crippen LogP contribution in [0.15, 0.2) is 30.6 Å². The number of anilines is 1. The van der Waals surface area contributed by atoms with E-state index in [1.165, 1.54) is 0 Å². The largest absolute Gasteiger partial charge is 0.398 e. The molecule has 2 N–H and O–H groups in total. The van der Waals surface area contributed by atoms with Gasteiger partial charge in [-0.15, -0.1) is 0 Å². The number of halogens is 2. The van der Waals surface area contributed by atoms with Crippen LogP contribution in [0.25, 0.3) is 0 Å². The summed E-state index contributed by atoms with van der Waals surface area (Å²) in [6.07, 6.45) is 3.30. The predicted molar refractivity (Wildman–Crippen MR) is 62.2 cm³/mol. The molecule has 0 fully saturated rings. The molecule has 2 rings (SSSR count). The maximum atomic E-state index is 6.03. The summed E-state index contributed by atoms with van der Waals surface area (Å²) in [5.74, 6) is 0. The highest BCUT2D eigenvalue weighted by Gasteiger charge is 2.05. The van der Waals surface area contributed by atoms with Gasteiger partial charge in [0, 0.05) is 22.5 Å². The van der Waals surface area contributed by atoms with Crippen LogP contribution in [0.2, 0.25) is 10.0 Å². The lowest BCUT2D eigenvalue weighted by molar-refractivity contribution is 0.688. The Balaban J connectivity index is 2.31. The van der Waals surface area contributed by atoms with Gasteiger partial charge in [0.1, 0.15) is 0 Å². The van der Waals surface area contributed by atoms with Crippen LogP contribution >= 0.6 is 23.2 Å².